The smallest absolute Gasteiger partial charge is 0.290 e. The van der Waals surface area contributed by atoms with E-state index in [4.69, 9.17) is 9.47 Å². The molecule has 0 saturated carbocycles. The molecule has 1 amide bonds. The number of morpholine rings is 1. The second-order valence-corrected chi connectivity index (χ2v) is 8.75. The molecule has 188 valence electrons. The summed E-state index contributed by atoms with van der Waals surface area (Å²) in [6.45, 7) is 8.35. The molecule has 4 rings (SSSR count). The number of nitrogens with zero attached hydrogens (tertiary/aromatic N) is 2. The Morgan fingerprint density at radius 3 is 2.64 bits per heavy atom. The molecule has 0 aliphatic carbocycles. The molecule has 2 heterocycles. The molecule has 0 aromatic heterocycles. The Morgan fingerprint density at radius 2 is 1.89 bits per heavy atom. The predicted molar refractivity (Wildman–Crippen MR) is 139 cm³/mol. The first-order chi connectivity index (χ1) is 17.6. The van der Waals surface area contributed by atoms with Gasteiger partial charge >= 0.3 is 0 Å². The first kappa shape index (κ1) is 25.4. The molecule has 1 saturated heterocycles. The lowest BCUT2D eigenvalue weighted by Gasteiger charge is -2.30. The van der Waals surface area contributed by atoms with Crippen molar-refractivity contribution in [2.45, 2.75) is 12.5 Å². The Kier molecular flexibility index (Phi) is 8.71. The lowest BCUT2D eigenvalue weighted by Crippen LogP contribution is -2.39. The van der Waals surface area contributed by atoms with Gasteiger partial charge in [0, 0.05) is 26.2 Å². The Bertz CT molecular complexity index is 1140. The van der Waals surface area contributed by atoms with Crippen molar-refractivity contribution in [3.05, 3.63) is 95.8 Å². The second kappa shape index (κ2) is 12.3. The summed E-state index contributed by atoms with van der Waals surface area (Å²) in [6, 6.07) is 16.0. The topological polar surface area (TPSA) is 79.3 Å². The summed E-state index contributed by atoms with van der Waals surface area (Å²) in [5, 5.41) is 10.8. The van der Waals surface area contributed by atoms with Crippen LogP contribution in [0, 0.1) is 0 Å². The van der Waals surface area contributed by atoms with Crippen molar-refractivity contribution in [3.63, 3.8) is 0 Å². The van der Waals surface area contributed by atoms with Crippen LogP contribution in [0.15, 0.2) is 84.7 Å². The predicted octanol–water partition coefficient (Wildman–Crippen LogP) is 3.95. The third-order valence-corrected chi connectivity index (χ3v) is 6.31. The summed E-state index contributed by atoms with van der Waals surface area (Å²) in [7, 11) is 0. The number of benzene rings is 2. The lowest BCUT2D eigenvalue weighted by atomic mass is 9.95. The van der Waals surface area contributed by atoms with Crippen LogP contribution < -0.4 is 4.74 Å². The van der Waals surface area contributed by atoms with Crippen LogP contribution in [0.5, 0.6) is 5.75 Å². The SMILES string of the molecule is C=CCOc1cccc(C2C(C(=O)C=Cc3ccccc3)=C(O)C(=O)N2CCCN2CCOCC2)c1. The molecule has 7 nitrogen and oxygen atoms in total. The van der Waals surface area contributed by atoms with Crippen molar-refractivity contribution in [1.29, 1.82) is 0 Å². The number of aliphatic hydroxyl groups is 1. The van der Waals surface area contributed by atoms with Gasteiger partial charge in [-0.3, -0.25) is 14.5 Å². The fraction of sp³-hybridized carbons (Fsp3) is 0.310. The van der Waals surface area contributed by atoms with Gasteiger partial charge < -0.3 is 19.5 Å². The zero-order valence-electron chi connectivity index (χ0n) is 20.3. The number of ether oxygens (including phenoxy) is 2. The van der Waals surface area contributed by atoms with Crippen molar-refractivity contribution in [1.82, 2.24) is 9.80 Å². The molecule has 1 N–H and O–H groups in total. The van der Waals surface area contributed by atoms with E-state index in [1.54, 1.807) is 17.1 Å². The van der Waals surface area contributed by atoms with Gasteiger partial charge in [0.1, 0.15) is 12.4 Å². The summed E-state index contributed by atoms with van der Waals surface area (Å²) < 4.78 is 11.1. The van der Waals surface area contributed by atoms with Crippen LogP contribution in [0.25, 0.3) is 6.08 Å². The van der Waals surface area contributed by atoms with Gasteiger partial charge in [-0.15, -0.1) is 0 Å². The van der Waals surface area contributed by atoms with Gasteiger partial charge in [0.15, 0.2) is 11.5 Å². The van der Waals surface area contributed by atoms with Gasteiger partial charge in [0.05, 0.1) is 24.8 Å². The maximum Gasteiger partial charge on any atom is 0.290 e. The number of aliphatic hydroxyl groups excluding tert-OH is 1. The fourth-order valence-corrected chi connectivity index (χ4v) is 4.53. The van der Waals surface area contributed by atoms with E-state index in [1.807, 2.05) is 54.6 Å². The largest absolute Gasteiger partial charge is 0.503 e. The number of allylic oxidation sites excluding steroid dienone is 1. The standard InChI is InChI=1S/C29H32N2O5/c1-2-18-36-24-11-6-10-23(21-24)27-26(25(32)13-12-22-8-4-3-5-9-22)28(33)29(34)31(27)15-7-14-30-16-19-35-20-17-30/h2-6,8-13,21,27,33H,1,7,14-20H2. The maximum atomic E-state index is 13.3. The van der Waals surface area contributed by atoms with Crippen molar-refractivity contribution in [3.8, 4) is 5.75 Å². The highest BCUT2D eigenvalue weighted by molar-refractivity contribution is 6.14. The molecule has 2 aliphatic heterocycles. The summed E-state index contributed by atoms with van der Waals surface area (Å²) >= 11 is 0. The minimum Gasteiger partial charge on any atom is -0.503 e. The molecule has 0 spiro atoms. The Hall–Kier alpha value is -3.68. The minimum absolute atomic E-state index is 0.0828. The van der Waals surface area contributed by atoms with Crippen LogP contribution >= 0.6 is 0 Å². The van der Waals surface area contributed by atoms with Crippen LogP contribution in [0.2, 0.25) is 0 Å². The summed E-state index contributed by atoms with van der Waals surface area (Å²) in [4.78, 5) is 30.4. The molecule has 36 heavy (non-hydrogen) atoms. The van der Waals surface area contributed by atoms with E-state index in [9.17, 15) is 14.7 Å². The second-order valence-electron chi connectivity index (χ2n) is 8.75. The summed E-state index contributed by atoms with van der Waals surface area (Å²) in [5.41, 5.74) is 1.64. The van der Waals surface area contributed by atoms with E-state index in [0.717, 1.165) is 25.2 Å². The number of ketones is 1. The molecule has 0 bridgehead atoms. The third-order valence-electron chi connectivity index (χ3n) is 6.31. The van der Waals surface area contributed by atoms with Crippen LogP contribution in [0.4, 0.5) is 0 Å². The molecule has 2 aliphatic rings. The molecule has 1 fully saturated rings. The van der Waals surface area contributed by atoms with E-state index in [0.29, 0.717) is 44.1 Å². The molecule has 2 aromatic carbocycles. The van der Waals surface area contributed by atoms with Gasteiger partial charge in [0.25, 0.3) is 5.91 Å². The zero-order valence-corrected chi connectivity index (χ0v) is 20.3. The lowest BCUT2D eigenvalue weighted by molar-refractivity contribution is -0.129. The number of hydrogen-bond acceptors (Lipinski definition) is 6. The quantitative estimate of drug-likeness (QED) is 0.381. The van der Waals surface area contributed by atoms with Crippen molar-refractivity contribution in [2.75, 3.05) is 46.0 Å². The fourth-order valence-electron chi connectivity index (χ4n) is 4.53. The Balaban J connectivity index is 1.60. The normalized spacial score (nSPS) is 18.7. The Morgan fingerprint density at radius 1 is 1.11 bits per heavy atom. The first-order valence-corrected chi connectivity index (χ1v) is 12.2. The first-order valence-electron chi connectivity index (χ1n) is 12.2. The minimum atomic E-state index is -0.706. The monoisotopic (exact) mass is 488 g/mol. The van der Waals surface area contributed by atoms with E-state index < -0.39 is 23.5 Å². The van der Waals surface area contributed by atoms with Crippen molar-refractivity contribution in [2.24, 2.45) is 0 Å². The number of carbonyl (C=O) groups excluding carboxylic acids is 2. The van der Waals surface area contributed by atoms with E-state index >= 15 is 0 Å². The average molecular weight is 489 g/mol. The Labute approximate surface area is 211 Å². The van der Waals surface area contributed by atoms with Gasteiger partial charge in [0.2, 0.25) is 0 Å². The van der Waals surface area contributed by atoms with Gasteiger partial charge in [-0.2, -0.15) is 0 Å². The molecule has 2 aromatic rings. The highest BCUT2D eigenvalue weighted by Gasteiger charge is 2.42. The number of rotatable bonds is 11. The molecular weight excluding hydrogens is 456 g/mol. The molecular formula is C29H32N2O5. The van der Waals surface area contributed by atoms with Crippen LogP contribution in [-0.4, -0.2) is 72.6 Å². The van der Waals surface area contributed by atoms with E-state index in [-0.39, 0.29) is 5.57 Å². The third kappa shape index (κ3) is 6.11. The number of carbonyl (C=O) groups is 2. The number of hydrogen-bond donors (Lipinski definition) is 1. The molecule has 7 heteroatoms. The molecule has 1 atom stereocenters. The van der Waals surface area contributed by atoms with Crippen LogP contribution in [-0.2, 0) is 14.3 Å². The highest BCUT2D eigenvalue weighted by Crippen LogP contribution is 2.39. The van der Waals surface area contributed by atoms with Gasteiger partial charge in [-0.25, -0.2) is 0 Å². The van der Waals surface area contributed by atoms with Crippen molar-refractivity contribution >= 4 is 17.8 Å². The molecule has 0 radical (unpaired) electrons. The van der Waals surface area contributed by atoms with E-state index in [2.05, 4.69) is 11.5 Å². The van der Waals surface area contributed by atoms with Gasteiger partial charge in [-0.1, -0.05) is 61.2 Å². The number of amides is 1. The summed E-state index contributed by atoms with van der Waals surface area (Å²) in [6.07, 6.45) is 5.47. The van der Waals surface area contributed by atoms with Crippen molar-refractivity contribution < 1.29 is 24.2 Å². The molecule has 1 unspecified atom stereocenters. The van der Waals surface area contributed by atoms with Gasteiger partial charge in [-0.05, 0) is 35.8 Å². The highest BCUT2D eigenvalue weighted by atomic mass is 16.5. The zero-order chi connectivity index (χ0) is 25.3. The van der Waals surface area contributed by atoms with E-state index in [1.165, 1.54) is 6.08 Å². The average Bonchev–Trinajstić information content (AvgIpc) is 3.17. The van der Waals surface area contributed by atoms with Crippen LogP contribution in [0.3, 0.4) is 0 Å². The maximum absolute atomic E-state index is 13.3. The summed E-state index contributed by atoms with van der Waals surface area (Å²) in [5.74, 6) is -0.823. The van der Waals surface area contributed by atoms with Crippen LogP contribution in [0.1, 0.15) is 23.6 Å².